The van der Waals surface area contributed by atoms with Gasteiger partial charge in [-0.3, -0.25) is 10.1 Å². The van der Waals surface area contributed by atoms with Gasteiger partial charge in [-0.1, -0.05) is 0 Å². The highest BCUT2D eigenvalue weighted by Crippen LogP contribution is 2.28. The van der Waals surface area contributed by atoms with Gasteiger partial charge in [0, 0.05) is 18.3 Å². The number of hydrogen-bond acceptors (Lipinski definition) is 4. The minimum Gasteiger partial charge on any atom is -0.385 e. The van der Waals surface area contributed by atoms with Crippen molar-refractivity contribution >= 4 is 27.3 Å². The first-order valence-electron chi connectivity index (χ1n) is 6.05. The third-order valence-corrected chi connectivity index (χ3v) is 3.83. The maximum Gasteiger partial charge on any atom is 0.283 e. The zero-order chi connectivity index (χ0) is 13.0. The lowest BCUT2D eigenvalue weighted by atomic mass is 9.98. The number of benzene rings is 1. The van der Waals surface area contributed by atoms with Gasteiger partial charge in [0.1, 0.15) is 0 Å². The molecule has 1 aromatic rings. The van der Waals surface area contributed by atoms with Crippen molar-refractivity contribution in [1.82, 2.24) is 5.32 Å². The SMILES string of the molecule is O=[N+]([O-])c1ccc(NCC2CCNCC2)cc1Br. The topological polar surface area (TPSA) is 67.2 Å². The molecular weight excluding hydrogens is 298 g/mol. The number of hydrogen-bond donors (Lipinski definition) is 2. The molecule has 2 N–H and O–H groups in total. The van der Waals surface area contributed by atoms with Crippen LogP contribution in [0.4, 0.5) is 11.4 Å². The van der Waals surface area contributed by atoms with Crippen molar-refractivity contribution in [3.05, 3.63) is 32.8 Å². The van der Waals surface area contributed by atoms with Crippen molar-refractivity contribution in [2.24, 2.45) is 5.92 Å². The highest BCUT2D eigenvalue weighted by atomic mass is 79.9. The monoisotopic (exact) mass is 313 g/mol. The van der Waals surface area contributed by atoms with Gasteiger partial charge >= 0.3 is 0 Å². The van der Waals surface area contributed by atoms with Crippen molar-refractivity contribution in [2.75, 3.05) is 25.0 Å². The summed E-state index contributed by atoms with van der Waals surface area (Å²) in [4.78, 5) is 10.3. The summed E-state index contributed by atoms with van der Waals surface area (Å²) >= 11 is 3.22. The molecule has 1 heterocycles. The summed E-state index contributed by atoms with van der Waals surface area (Å²) in [5.41, 5.74) is 1.02. The fourth-order valence-electron chi connectivity index (χ4n) is 2.11. The predicted octanol–water partition coefficient (Wildman–Crippen LogP) is 2.77. The average Bonchev–Trinajstić information content (AvgIpc) is 2.37. The van der Waals surface area contributed by atoms with Crippen molar-refractivity contribution in [3.8, 4) is 0 Å². The third-order valence-electron chi connectivity index (χ3n) is 3.20. The second-order valence-electron chi connectivity index (χ2n) is 4.50. The molecule has 0 aromatic heterocycles. The molecule has 98 valence electrons. The number of anilines is 1. The maximum absolute atomic E-state index is 10.7. The van der Waals surface area contributed by atoms with E-state index in [-0.39, 0.29) is 10.6 Å². The number of rotatable bonds is 4. The summed E-state index contributed by atoms with van der Waals surface area (Å²) in [6.07, 6.45) is 2.36. The summed E-state index contributed by atoms with van der Waals surface area (Å²) in [6, 6.07) is 5.04. The molecule has 0 atom stereocenters. The fourth-order valence-corrected chi connectivity index (χ4v) is 2.64. The summed E-state index contributed by atoms with van der Waals surface area (Å²) < 4.78 is 0.516. The van der Waals surface area contributed by atoms with E-state index in [2.05, 4.69) is 26.6 Å². The van der Waals surface area contributed by atoms with Crippen LogP contribution in [0, 0.1) is 16.0 Å². The minimum absolute atomic E-state index is 0.0995. The first-order valence-corrected chi connectivity index (χ1v) is 6.84. The highest BCUT2D eigenvalue weighted by Gasteiger charge is 2.14. The Bertz CT molecular complexity index is 433. The van der Waals surface area contributed by atoms with E-state index in [0.717, 1.165) is 25.3 Å². The van der Waals surface area contributed by atoms with Gasteiger partial charge in [0.15, 0.2) is 0 Å². The summed E-state index contributed by atoms with van der Waals surface area (Å²) in [5.74, 6) is 0.681. The molecule has 0 bridgehead atoms. The van der Waals surface area contributed by atoms with Gasteiger partial charge in [-0.2, -0.15) is 0 Å². The molecule has 1 aliphatic rings. The Morgan fingerprint density at radius 2 is 2.17 bits per heavy atom. The van der Waals surface area contributed by atoms with E-state index in [1.165, 1.54) is 18.9 Å². The number of halogens is 1. The Morgan fingerprint density at radius 3 is 2.78 bits per heavy atom. The average molecular weight is 314 g/mol. The van der Waals surface area contributed by atoms with E-state index >= 15 is 0 Å². The van der Waals surface area contributed by atoms with Crippen LogP contribution in [0.3, 0.4) is 0 Å². The highest BCUT2D eigenvalue weighted by molar-refractivity contribution is 9.10. The van der Waals surface area contributed by atoms with E-state index in [9.17, 15) is 10.1 Å². The quantitative estimate of drug-likeness (QED) is 0.662. The molecule has 18 heavy (non-hydrogen) atoms. The molecule has 2 rings (SSSR count). The number of nitrogens with one attached hydrogen (secondary N) is 2. The Labute approximate surface area is 114 Å². The summed E-state index contributed by atoms with van der Waals surface area (Å²) in [7, 11) is 0. The van der Waals surface area contributed by atoms with Crippen LogP contribution in [0.2, 0.25) is 0 Å². The zero-order valence-corrected chi connectivity index (χ0v) is 11.6. The zero-order valence-electron chi connectivity index (χ0n) is 9.99. The number of nitro groups is 1. The second kappa shape index (κ2) is 6.15. The van der Waals surface area contributed by atoms with Gasteiger partial charge in [0.2, 0.25) is 0 Å². The van der Waals surface area contributed by atoms with Crippen LogP contribution < -0.4 is 10.6 Å². The maximum atomic E-state index is 10.7. The Kier molecular flexibility index (Phi) is 4.54. The Morgan fingerprint density at radius 1 is 1.44 bits per heavy atom. The molecule has 1 saturated heterocycles. The number of piperidine rings is 1. The van der Waals surface area contributed by atoms with Gasteiger partial charge in [-0.15, -0.1) is 0 Å². The van der Waals surface area contributed by atoms with Gasteiger partial charge in [0.25, 0.3) is 5.69 Å². The summed E-state index contributed by atoms with van der Waals surface area (Å²) in [6.45, 7) is 3.08. The van der Waals surface area contributed by atoms with Crippen molar-refractivity contribution in [1.29, 1.82) is 0 Å². The lowest BCUT2D eigenvalue weighted by Gasteiger charge is -2.23. The number of nitro benzene ring substituents is 1. The van der Waals surface area contributed by atoms with Crippen LogP contribution in [0.1, 0.15) is 12.8 Å². The minimum atomic E-state index is -0.388. The van der Waals surface area contributed by atoms with Gasteiger partial charge in [-0.25, -0.2) is 0 Å². The van der Waals surface area contributed by atoms with E-state index in [1.54, 1.807) is 12.1 Å². The summed E-state index contributed by atoms with van der Waals surface area (Å²) in [5, 5.41) is 17.4. The van der Waals surface area contributed by atoms with Crippen molar-refractivity contribution < 1.29 is 4.92 Å². The van der Waals surface area contributed by atoms with Crippen molar-refractivity contribution in [3.63, 3.8) is 0 Å². The molecule has 0 saturated carbocycles. The number of nitrogens with zero attached hydrogens (tertiary/aromatic N) is 1. The predicted molar refractivity (Wildman–Crippen MR) is 74.9 cm³/mol. The Hall–Kier alpha value is -1.14. The molecule has 1 aromatic carbocycles. The first kappa shape index (κ1) is 13.3. The van der Waals surface area contributed by atoms with Crippen LogP contribution in [-0.2, 0) is 0 Å². The fraction of sp³-hybridized carbons (Fsp3) is 0.500. The van der Waals surface area contributed by atoms with Crippen LogP contribution in [0.15, 0.2) is 22.7 Å². The molecule has 1 fully saturated rings. The lowest BCUT2D eigenvalue weighted by molar-refractivity contribution is -0.385. The largest absolute Gasteiger partial charge is 0.385 e. The molecule has 5 nitrogen and oxygen atoms in total. The van der Waals surface area contributed by atoms with Gasteiger partial charge in [-0.05, 0) is 59.9 Å². The van der Waals surface area contributed by atoms with E-state index in [4.69, 9.17) is 0 Å². The van der Waals surface area contributed by atoms with E-state index in [0.29, 0.717) is 10.4 Å². The molecule has 6 heteroatoms. The smallest absolute Gasteiger partial charge is 0.283 e. The molecule has 0 spiro atoms. The van der Waals surface area contributed by atoms with Crippen LogP contribution in [0.5, 0.6) is 0 Å². The molecule has 0 amide bonds. The molecule has 0 unspecified atom stereocenters. The van der Waals surface area contributed by atoms with Crippen LogP contribution >= 0.6 is 15.9 Å². The third kappa shape index (κ3) is 3.43. The van der Waals surface area contributed by atoms with Crippen LogP contribution in [-0.4, -0.2) is 24.6 Å². The molecule has 0 aliphatic carbocycles. The standard InChI is InChI=1S/C12H16BrN3O2/c13-11-7-10(1-2-12(11)16(17)18)15-8-9-3-5-14-6-4-9/h1-2,7,9,14-15H,3-6,8H2. The van der Waals surface area contributed by atoms with Gasteiger partial charge < -0.3 is 10.6 Å². The molecule has 0 radical (unpaired) electrons. The molecular formula is C12H16BrN3O2. The van der Waals surface area contributed by atoms with Gasteiger partial charge in [0.05, 0.1) is 9.40 Å². The lowest BCUT2D eigenvalue weighted by Crippen LogP contribution is -2.31. The van der Waals surface area contributed by atoms with E-state index in [1.807, 2.05) is 0 Å². The Balaban J connectivity index is 1.93. The van der Waals surface area contributed by atoms with Crippen molar-refractivity contribution in [2.45, 2.75) is 12.8 Å². The normalized spacial score (nSPS) is 16.5. The molecule has 1 aliphatic heterocycles. The van der Waals surface area contributed by atoms with Crippen LogP contribution in [0.25, 0.3) is 0 Å². The van der Waals surface area contributed by atoms with E-state index < -0.39 is 0 Å². The first-order chi connectivity index (χ1) is 8.66. The second-order valence-corrected chi connectivity index (χ2v) is 5.35.